The SMILES string of the molecule is CCCC[C@@H]1CCCCN1C(=O)OCC. The topological polar surface area (TPSA) is 29.5 Å². The fraction of sp³-hybridized carbons (Fsp3) is 0.917. The second kappa shape index (κ2) is 6.70. The molecule has 0 aliphatic carbocycles. The summed E-state index contributed by atoms with van der Waals surface area (Å²) in [6, 6.07) is 0.428. The van der Waals surface area contributed by atoms with Gasteiger partial charge < -0.3 is 9.64 Å². The molecule has 0 N–H and O–H groups in total. The molecule has 3 nitrogen and oxygen atoms in total. The van der Waals surface area contributed by atoms with E-state index < -0.39 is 0 Å². The molecular weight excluding hydrogens is 190 g/mol. The number of hydrogen-bond acceptors (Lipinski definition) is 2. The van der Waals surface area contributed by atoms with Gasteiger partial charge in [-0.1, -0.05) is 19.8 Å². The van der Waals surface area contributed by atoms with Gasteiger partial charge >= 0.3 is 6.09 Å². The Morgan fingerprint density at radius 3 is 2.87 bits per heavy atom. The minimum Gasteiger partial charge on any atom is -0.450 e. The molecule has 0 unspecified atom stereocenters. The molecule has 1 saturated heterocycles. The van der Waals surface area contributed by atoms with Crippen LogP contribution in [0.3, 0.4) is 0 Å². The molecule has 15 heavy (non-hydrogen) atoms. The summed E-state index contributed by atoms with van der Waals surface area (Å²) in [5, 5.41) is 0. The summed E-state index contributed by atoms with van der Waals surface area (Å²) in [5.74, 6) is 0. The molecule has 88 valence electrons. The molecular formula is C12H23NO2. The highest BCUT2D eigenvalue weighted by atomic mass is 16.6. The lowest BCUT2D eigenvalue weighted by Crippen LogP contribution is -2.43. The lowest BCUT2D eigenvalue weighted by molar-refractivity contribution is 0.0739. The summed E-state index contributed by atoms with van der Waals surface area (Å²) in [5.41, 5.74) is 0. The van der Waals surface area contributed by atoms with Crippen molar-refractivity contribution in [3.8, 4) is 0 Å². The van der Waals surface area contributed by atoms with Gasteiger partial charge in [-0.2, -0.15) is 0 Å². The Balaban J connectivity index is 2.45. The molecule has 1 aliphatic heterocycles. The second-order valence-electron chi connectivity index (χ2n) is 4.18. The van der Waals surface area contributed by atoms with E-state index in [1.165, 1.54) is 19.3 Å². The molecule has 0 bridgehead atoms. The van der Waals surface area contributed by atoms with Crippen LogP contribution < -0.4 is 0 Å². The smallest absolute Gasteiger partial charge is 0.409 e. The first-order chi connectivity index (χ1) is 7.29. The van der Waals surface area contributed by atoms with Gasteiger partial charge in [0.1, 0.15) is 0 Å². The van der Waals surface area contributed by atoms with Crippen molar-refractivity contribution < 1.29 is 9.53 Å². The van der Waals surface area contributed by atoms with E-state index in [0.717, 1.165) is 25.8 Å². The van der Waals surface area contributed by atoms with Crippen molar-refractivity contribution in [2.75, 3.05) is 13.2 Å². The average molecular weight is 213 g/mol. The molecule has 1 amide bonds. The number of carbonyl (C=O) groups is 1. The van der Waals surface area contributed by atoms with Crippen LogP contribution in [0.25, 0.3) is 0 Å². The third-order valence-electron chi connectivity index (χ3n) is 3.02. The maximum atomic E-state index is 11.7. The van der Waals surface area contributed by atoms with Crippen LogP contribution in [0.4, 0.5) is 4.79 Å². The molecule has 1 fully saturated rings. The van der Waals surface area contributed by atoms with Crippen LogP contribution >= 0.6 is 0 Å². The lowest BCUT2D eigenvalue weighted by Gasteiger charge is -2.34. The summed E-state index contributed by atoms with van der Waals surface area (Å²) in [6.45, 7) is 5.42. The number of likely N-dealkylation sites (tertiary alicyclic amines) is 1. The van der Waals surface area contributed by atoms with E-state index in [-0.39, 0.29) is 6.09 Å². The molecule has 3 heteroatoms. The number of nitrogens with zero attached hydrogens (tertiary/aromatic N) is 1. The number of carbonyl (C=O) groups excluding carboxylic acids is 1. The van der Waals surface area contributed by atoms with Gasteiger partial charge in [-0.05, 0) is 32.6 Å². The second-order valence-corrected chi connectivity index (χ2v) is 4.18. The highest BCUT2D eigenvalue weighted by Gasteiger charge is 2.26. The highest BCUT2D eigenvalue weighted by Crippen LogP contribution is 2.22. The molecule has 0 aromatic carbocycles. The van der Waals surface area contributed by atoms with Gasteiger partial charge in [0.05, 0.1) is 6.61 Å². The van der Waals surface area contributed by atoms with E-state index in [1.54, 1.807) is 0 Å². The van der Waals surface area contributed by atoms with E-state index in [0.29, 0.717) is 12.6 Å². The zero-order valence-electron chi connectivity index (χ0n) is 10.00. The third-order valence-corrected chi connectivity index (χ3v) is 3.02. The van der Waals surface area contributed by atoms with E-state index in [2.05, 4.69) is 6.92 Å². The number of unbranched alkanes of at least 4 members (excludes halogenated alkanes) is 1. The van der Waals surface area contributed by atoms with E-state index in [1.807, 2.05) is 11.8 Å². The largest absolute Gasteiger partial charge is 0.450 e. The van der Waals surface area contributed by atoms with Gasteiger partial charge in [-0.15, -0.1) is 0 Å². The number of amides is 1. The number of piperidine rings is 1. The van der Waals surface area contributed by atoms with E-state index in [4.69, 9.17) is 4.74 Å². The van der Waals surface area contributed by atoms with Crippen LogP contribution in [0.15, 0.2) is 0 Å². The molecule has 1 rings (SSSR count). The van der Waals surface area contributed by atoms with Gasteiger partial charge in [0, 0.05) is 12.6 Å². The van der Waals surface area contributed by atoms with Crippen LogP contribution in [-0.2, 0) is 4.74 Å². The Morgan fingerprint density at radius 2 is 2.20 bits per heavy atom. The van der Waals surface area contributed by atoms with Crippen molar-refractivity contribution in [3.63, 3.8) is 0 Å². The molecule has 1 heterocycles. The maximum absolute atomic E-state index is 11.7. The minimum absolute atomic E-state index is 0.113. The fourth-order valence-electron chi connectivity index (χ4n) is 2.19. The summed E-state index contributed by atoms with van der Waals surface area (Å²) >= 11 is 0. The molecule has 0 spiro atoms. The molecule has 1 aliphatic rings. The molecule has 0 aromatic rings. The highest BCUT2D eigenvalue weighted by molar-refractivity contribution is 5.68. The summed E-state index contributed by atoms with van der Waals surface area (Å²) in [4.78, 5) is 13.6. The van der Waals surface area contributed by atoms with Gasteiger partial charge in [-0.25, -0.2) is 4.79 Å². The molecule has 1 atom stereocenters. The lowest BCUT2D eigenvalue weighted by atomic mass is 9.98. The predicted octanol–water partition coefficient (Wildman–Crippen LogP) is 3.19. The first kappa shape index (κ1) is 12.3. The van der Waals surface area contributed by atoms with Crippen molar-refractivity contribution in [2.45, 2.75) is 58.4 Å². The summed E-state index contributed by atoms with van der Waals surface area (Å²) in [6.07, 6.45) is 6.96. The zero-order valence-corrected chi connectivity index (χ0v) is 10.00. The Hall–Kier alpha value is -0.730. The molecule has 0 aromatic heterocycles. The van der Waals surface area contributed by atoms with Crippen LogP contribution in [0.2, 0.25) is 0 Å². The fourth-order valence-corrected chi connectivity index (χ4v) is 2.19. The number of rotatable bonds is 4. The predicted molar refractivity (Wildman–Crippen MR) is 60.9 cm³/mol. The standard InChI is InChI=1S/C12H23NO2/c1-3-5-8-11-9-6-7-10-13(11)12(14)15-4-2/h11H,3-10H2,1-2H3/t11-/m1/s1. The zero-order chi connectivity index (χ0) is 11.1. The van der Waals surface area contributed by atoms with E-state index >= 15 is 0 Å². The van der Waals surface area contributed by atoms with Gasteiger partial charge in [0.15, 0.2) is 0 Å². The Bertz CT molecular complexity index is 194. The molecule has 0 radical (unpaired) electrons. The number of ether oxygens (including phenoxy) is 1. The van der Waals surface area contributed by atoms with Crippen molar-refractivity contribution in [3.05, 3.63) is 0 Å². The Morgan fingerprint density at radius 1 is 1.40 bits per heavy atom. The molecule has 0 saturated carbocycles. The summed E-state index contributed by atoms with van der Waals surface area (Å²) in [7, 11) is 0. The van der Waals surface area contributed by atoms with Crippen molar-refractivity contribution >= 4 is 6.09 Å². The normalized spacial score (nSPS) is 21.5. The summed E-state index contributed by atoms with van der Waals surface area (Å²) < 4.78 is 5.08. The van der Waals surface area contributed by atoms with Crippen molar-refractivity contribution in [1.29, 1.82) is 0 Å². The number of hydrogen-bond donors (Lipinski definition) is 0. The van der Waals surface area contributed by atoms with E-state index in [9.17, 15) is 4.79 Å². The van der Waals surface area contributed by atoms with Gasteiger partial charge in [-0.3, -0.25) is 0 Å². The van der Waals surface area contributed by atoms with Crippen molar-refractivity contribution in [1.82, 2.24) is 4.90 Å². The van der Waals surface area contributed by atoms with Crippen LogP contribution in [0.1, 0.15) is 52.4 Å². The third kappa shape index (κ3) is 3.73. The van der Waals surface area contributed by atoms with Crippen LogP contribution in [-0.4, -0.2) is 30.2 Å². The van der Waals surface area contributed by atoms with Crippen molar-refractivity contribution in [2.24, 2.45) is 0 Å². The van der Waals surface area contributed by atoms with Gasteiger partial charge in [0.2, 0.25) is 0 Å². The first-order valence-corrected chi connectivity index (χ1v) is 6.23. The Kier molecular flexibility index (Phi) is 5.51. The first-order valence-electron chi connectivity index (χ1n) is 6.23. The van der Waals surface area contributed by atoms with Crippen LogP contribution in [0, 0.1) is 0 Å². The quantitative estimate of drug-likeness (QED) is 0.717. The monoisotopic (exact) mass is 213 g/mol. The maximum Gasteiger partial charge on any atom is 0.409 e. The van der Waals surface area contributed by atoms with Crippen LogP contribution in [0.5, 0.6) is 0 Å². The van der Waals surface area contributed by atoms with Gasteiger partial charge in [0.25, 0.3) is 0 Å². The minimum atomic E-state index is -0.113. The Labute approximate surface area is 92.8 Å². The average Bonchev–Trinajstić information content (AvgIpc) is 2.27.